The summed E-state index contributed by atoms with van der Waals surface area (Å²) in [6, 6.07) is 13.0. The van der Waals surface area contributed by atoms with Gasteiger partial charge in [-0.1, -0.05) is 42.8 Å². The van der Waals surface area contributed by atoms with Crippen LogP contribution in [0.4, 0.5) is 0 Å². The molecule has 1 fully saturated rings. The fourth-order valence-electron chi connectivity index (χ4n) is 3.44. The summed E-state index contributed by atoms with van der Waals surface area (Å²) in [6.45, 7) is 4.81. The molecule has 4 rings (SSSR count). The van der Waals surface area contributed by atoms with Crippen LogP contribution in [0.2, 0.25) is 5.02 Å². The van der Waals surface area contributed by atoms with Gasteiger partial charge in [-0.2, -0.15) is 0 Å². The zero-order valence-corrected chi connectivity index (χ0v) is 16.0. The van der Waals surface area contributed by atoms with Crippen LogP contribution in [0.1, 0.15) is 24.1 Å². The lowest BCUT2D eigenvalue weighted by atomic mass is 9.87. The van der Waals surface area contributed by atoms with Crippen LogP contribution >= 0.6 is 11.6 Å². The summed E-state index contributed by atoms with van der Waals surface area (Å²) in [5, 5.41) is 7.04. The second-order valence-corrected chi connectivity index (χ2v) is 7.48. The van der Waals surface area contributed by atoms with Crippen molar-refractivity contribution in [2.24, 2.45) is 11.8 Å². The normalized spacial score (nSPS) is 18.3. The standard InChI is InChI=1S/C21H23ClN2O3/c1-13(15-11-23-12-15)21(25)24-20(16-4-2-3-5-17(16)22)14-6-7-18-19(10-14)27-9-8-26-18/h2-7,10,13,15,20,23H,8-9,11-12H2,1H3,(H,24,25). The topological polar surface area (TPSA) is 59.6 Å². The number of fused-ring (bicyclic) bond motifs is 1. The number of benzene rings is 2. The van der Waals surface area contributed by atoms with E-state index in [1.54, 1.807) is 0 Å². The number of carbonyl (C=O) groups excluding carboxylic acids is 1. The Labute approximate surface area is 164 Å². The number of halogens is 1. The lowest BCUT2D eigenvalue weighted by Gasteiger charge is -2.33. The molecule has 2 aromatic rings. The maximum Gasteiger partial charge on any atom is 0.223 e. The molecular weight excluding hydrogens is 364 g/mol. The summed E-state index contributed by atoms with van der Waals surface area (Å²) in [5.74, 6) is 1.76. The second-order valence-electron chi connectivity index (χ2n) is 7.07. The van der Waals surface area contributed by atoms with E-state index in [0.29, 0.717) is 29.9 Å². The van der Waals surface area contributed by atoms with Crippen LogP contribution in [0.3, 0.4) is 0 Å². The summed E-state index contributed by atoms with van der Waals surface area (Å²) in [5.41, 5.74) is 1.78. The molecule has 2 N–H and O–H groups in total. The van der Waals surface area contributed by atoms with Crippen molar-refractivity contribution in [2.45, 2.75) is 13.0 Å². The first-order chi connectivity index (χ1) is 13.1. The fourth-order valence-corrected chi connectivity index (χ4v) is 3.69. The molecule has 6 heteroatoms. The third-order valence-electron chi connectivity index (χ3n) is 5.34. The first kappa shape index (κ1) is 18.1. The van der Waals surface area contributed by atoms with Crippen molar-refractivity contribution in [3.05, 3.63) is 58.6 Å². The molecule has 0 saturated carbocycles. The first-order valence-corrected chi connectivity index (χ1v) is 9.66. The van der Waals surface area contributed by atoms with Crippen molar-refractivity contribution in [1.82, 2.24) is 10.6 Å². The van der Waals surface area contributed by atoms with Gasteiger partial charge < -0.3 is 20.1 Å². The van der Waals surface area contributed by atoms with Crippen molar-refractivity contribution in [3.8, 4) is 11.5 Å². The third-order valence-corrected chi connectivity index (χ3v) is 5.68. The van der Waals surface area contributed by atoms with Gasteiger partial charge in [-0.15, -0.1) is 0 Å². The Balaban J connectivity index is 1.66. The van der Waals surface area contributed by atoms with E-state index in [0.717, 1.165) is 30.0 Å². The number of carbonyl (C=O) groups is 1. The van der Waals surface area contributed by atoms with Crippen molar-refractivity contribution in [3.63, 3.8) is 0 Å². The molecule has 1 saturated heterocycles. The minimum Gasteiger partial charge on any atom is -0.486 e. The largest absolute Gasteiger partial charge is 0.486 e. The number of amides is 1. The summed E-state index contributed by atoms with van der Waals surface area (Å²) in [6.07, 6.45) is 0. The average molecular weight is 387 g/mol. The van der Waals surface area contributed by atoms with Crippen LogP contribution in [0.5, 0.6) is 11.5 Å². The van der Waals surface area contributed by atoms with E-state index in [2.05, 4.69) is 10.6 Å². The molecule has 5 nitrogen and oxygen atoms in total. The molecule has 0 aromatic heterocycles. The molecule has 2 aliphatic heterocycles. The molecule has 1 amide bonds. The minimum absolute atomic E-state index is 0.0290. The van der Waals surface area contributed by atoms with Crippen molar-refractivity contribution >= 4 is 17.5 Å². The maximum atomic E-state index is 12.9. The van der Waals surface area contributed by atoms with Gasteiger partial charge in [0, 0.05) is 10.9 Å². The maximum absolute atomic E-state index is 12.9. The molecule has 0 bridgehead atoms. The van der Waals surface area contributed by atoms with Crippen LogP contribution in [0.15, 0.2) is 42.5 Å². The summed E-state index contributed by atoms with van der Waals surface area (Å²) >= 11 is 6.46. The Morgan fingerprint density at radius 2 is 1.89 bits per heavy atom. The number of nitrogens with one attached hydrogen (secondary N) is 2. The second kappa shape index (κ2) is 7.79. The molecule has 2 atom stereocenters. The first-order valence-electron chi connectivity index (χ1n) is 9.28. The Morgan fingerprint density at radius 1 is 1.15 bits per heavy atom. The zero-order chi connectivity index (χ0) is 18.8. The smallest absolute Gasteiger partial charge is 0.223 e. The highest BCUT2D eigenvalue weighted by Gasteiger charge is 2.31. The van der Waals surface area contributed by atoms with Crippen molar-refractivity contribution in [2.75, 3.05) is 26.3 Å². The van der Waals surface area contributed by atoms with Crippen LogP contribution in [0.25, 0.3) is 0 Å². The zero-order valence-electron chi connectivity index (χ0n) is 15.2. The lowest BCUT2D eigenvalue weighted by Crippen LogP contribution is -2.50. The number of hydrogen-bond acceptors (Lipinski definition) is 4. The van der Waals surface area contributed by atoms with Gasteiger partial charge >= 0.3 is 0 Å². The van der Waals surface area contributed by atoms with Gasteiger partial charge in [0.05, 0.1) is 6.04 Å². The Hall–Kier alpha value is -2.24. The SMILES string of the molecule is CC(C(=O)NC(c1ccc2c(c1)OCCO2)c1ccccc1Cl)C1CNC1. The van der Waals surface area contributed by atoms with Crippen LogP contribution in [-0.4, -0.2) is 32.2 Å². The van der Waals surface area contributed by atoms with E-state index in [9.17, 15) is 4.79 Å². The minimum atomic E-state index is -0.350. The van der Waals surface area contributed by atoms with E-state index in [1.807, 2.05) is 49.4 Å². The molecule has 27 heavy (non-hydrogen) atoms. The predicted molar refractivity (Wildman–Crippen MR) is 104 cm³/mol. The molecule has 2 aliphatic rings. The fraction of sp³-hybridized carbons (Fsp3) is 0.381. The Bertz CT molecular complexity index is 838. The highest BCUT2D eigenvalue weighted by atomic mass is 35.5. The van der Waals surface area contributed by atoms with E-state index >= 15 is 0 Å². The molecule has 2 aromatic carbocycles. The van der Waals surface area contributed by atoms with Crippen molar-refractivity contribution in [1.29, 1.82) is 0 Å². The quantitative estimate of drug-likeness (QED) is 0.828. The van der Waals surface area contributed by atoms with Gasteiger partial charge in [0.2, 0.25) is 5.91 Å². The predicted octanol–water partition coefficient (Wildman–Crippen LogP) is 3.17. The molecular formula is C21H23ClN2O3. The van der Waals surface area contributed by atoms with E-state index < -0.39 is 0 Å². The number of hydrogen-bond donors (Lipinski definition) is 2. The van der Waals surface area contributed by atoms with Crippen LogP contribution in [0, 0.1) is 11.8 Å². The number of ether oxygens (including phenoxy) is 2. The Kier molecular flexibility index (Phi) is 5.23. The molecule has 2 unspecified atom stereocenters. The van der Waals surface area contributed by atoms with Crippen LogP contribution < -0.4 is 20.1 Å². The van der Waals surface area contributed by atoms with Gasteiger partial charge in [0.25, 0.3) is 0 Å². The molecule has 0 aliphatic carbocycles. The summed E-state index contributed by atoms with van der Waals surface area (Å²) in [4.78, 5) is 12.9. The number of rotatable bonds is 5. The molecule has 0 spiro atoms. The Morgan fingerprint density at radius 3 is 2.59 bits per heavy atom. The van der Waals surface area contributed by atoms with E-state index in [-0.39, 0.29) is 17.9 Å². The molecule has 0 radical (unpaired) electrons. The average Bonchev–Trinajstić information content (AvgIpc) is 2.65. The van der Waals surface area contributed by atoms with Gasteiger partial charge in [-0.25, -0.2) is 0 Å². The highest BCUT2D eigenvalue weighted by Crippen LogP contribution is 2.36. The third kappa shape index (κ3) is 3.75. The van der Waals surface area contributed by atoms with E-state index in [1.165, 1.54) is 0 Å². The molecule has 142 valence electrons. The highest BCUT2D eigenvalue weighted by molar-refractivity contribution is 6.31. The molecule has 2 heterocycles. The lowest BCUT2D eigenvalue weighted by molar-refractivity contribution is -0.127. The summed E-state index contributed by atoms with van der Waals surface area (Å²) < 4.78 is 11.3. The van der Waals surface area contributed by atoms with Gasteiger partial charge in [0.15, 0.2) is 11.5 Å². The monoisotopic (exact) mass is 386 g/mol. The van der Waals surface area contributed by atoms with Gasteiger partial charge in [-0.05, 0) is 48.3 Å². The van der Waals surface area contributed by atoms with Gasteiger partial charge in [-0.3, -0.25) is 4.79 Å². The van der Waals surface area contributed by atoms with Crippen LogP contribution in [-0.2, 0) is 4.79 Å². The van der Waals surface area contributed by atoms with Gasteiger partial charge in [0.1, 0.15) is 13.2 Å². The van der Waals surface area contributed by atoms with E-state index in [4.69, 9.17) is 21.1 Å². The summed E-state index contributed by atoms with van der Waals surface area (Å²) in [7, 11) is 0. The van der Waals surface area contributed by atoms with Crippen molar-refractivity contribution < 1.29 is 14.3 Å².